The minimum Gasteiger partial charge on any atom is -0.741 e. The monoisotopic (exact) mass is 890 g/mol. The Balaban J connectivity index is -0.000000433. The second-order valence-electron chi connectivity index (χ2n) is 12.0. The van der Waals surface area contributed by atoms with Crippen molar-refractivity contribution >= 4 is 36.3 Å². The molecule has 14 nitrogen and oxygen atoms in total. The van der Waals surface area contributed by atoms with Crippen molar-refractivity contribution < 1.29 is 99.6 Å². The quantitative estimate of drug-likeness (QED) is 0.0427. The third kappa shape index (κ3) is 45.0. The summed E-state index contributed by atoms with van der Waals surface area (Å²) < 4.78 is 177. The van der Waals surface area contributed by atoms with Crippen LogP contribution in [0.25, 0.3) is 0 Å². The summed E-state index contributed by atoms with van der Waals surface area (Å²) in [6.45, 7) is 9.01. The van der Waals surface area contributed by atoms with Crippen molar-refractivity contribution in [3.8, 4) is 0 Å². The standard InChI is InChI=1S/C26H56N4O.3CHF3O3S/c1-2-3-4-5-6-7-8-9-10-11-12-13-14-19-26(31)30-25-18-24-29-22-16-15-21-28-23-17-20-27;3*2-1(3,4)8(5,6)7/h28-29H,2-25,27H2,1H3,(H,30,31);3*(H,5,6,7). The summed E-state index contributed by atoms with van der Waals surface area (Å²) in [5.41, 5.74) is -13.1. The first-order chi connectivity index (χ1) is 25.1. The van der Waals surface area contributed by atoms with Crippen LogP contribution in [-0.4, -0.2) is 101 Å². The normalized spacial score (nSPS) is 12.4. The highest BCUT2D eigenvalue weighted by molar-refractivity contribution is 7.87. The number of alkyl halides is 9. The number of halogens is 9. The van der Waals surface area contributed by atoms with Crippen LogP contribution in [0.5, 0.6) is 0 Å². The SMILES string of the molecule is CCCCCCCCCCCCCCCC(=O)NCCC[NH2+]CCCC[NH2+]CCC[NH3+].O=S(=O)([O-])C(F)(F)F.O=S(=O)([O-])C(F)(F)F.O=S(=O)([O-])C(F)(F)F. The molecule has 0 heterocycles. The lowest BCUT2D eigenvalue weighted by Crippen LogP contribution is -2.86. The number of rotatable bonds is 26. The molecule has 0 atom stereocenters. The molecule has 0 saturated heterocycles. The topological polar surface area (TPSA) is 262 Å². The Kier molecular flexibility index (Phi) is 36.5. The first-order valence-corrected chi connectivity index (χ1v) is 22.0. The van der Waals surface area contributed by atoms with Crippen LogP contribution in [0.2, 0.25) is 0 Å². The molecule has 0 radical (unpaired) electrons. The van der Waals surface area contributed by atoms with Crippen molar-refractivity contribution in [3.63, 3.8) is 0 Å². The van der Waals surface area contributed by atoms with Gasteiger partial charge < -0.3 is 35.3 Å². The molecule has 8 N–H and O–H groups in total. The van der Waals surface area contributed by atoms with Gasteiger partial charge in [0, 0.05) is 38.6 Å². The van der Waals surface area contributed by atoms with Crippen LogP contribution in [0.1, 0.15) is 122 Å². The van der Waals surface area contributed by atoms with Gasteiger partial charge in [-0.1, -0.05) is 84.0 Å². The van der Waals surface area contributed by atoms with E-state index in [1.807, 2.05) is 0 Å². The van der Waals surface area contributed by atoms with Gasteiger partial charge >= 0.3 is 16.5 Å². The summed E-state index contributed by atoms with van der Waals surface area (Å²) in [5, 5.41) is 7.90. The lowest BCUT2D eigenvalue weighted by Gasteiger charge is -2.08. The fourth-order valence-corrected chi connectivity index (χ4v) is 4.02. The zero-order valence-electron chi connectivity index (χ0n) is 31.0. The lowest BCUT2D eigenvalue weighted by atomic mass is 10.0. The van der Waals surface area contributed by atoms with E-state index in [9.17, 15) is 44.3 Å². The molecule has 0 rings (SSSR count). The minimum absolute atomic E-state index is 0.251. The van der Waals surface area contributed by atoms with Gasteiger partial charge in [0.2, 0.25) is 5.91 Å². The maximum Gasteiger partial charge on any atom is 0.485 e. The predicted octanol–water partition coefficient (Wildman–Crippen LogP) is 2.67. The van der Waals surface area contributed by atoms with Crippen molar-refractivity contribution in [1.29, 1.82) is 0 Å². The maximum atomic E-state index is 11.9. The molecule has 0 saturated carbocycles. The summed E-state index contributed by atoms with van der Waals surface area (Å²) in [7, 11) is -18.3. The van der Waals surface area contributed by atoms with Crippen molar-refractivity contribution in [1.82, 2.24) is 5.32 Å². The number of carbonyl (C=O) groups excluding carboxylic acids is 1. The molecule has 0 aromatic rings. The fraction of sp³-hybridized carbons (Fsp3) is 0.966. The van der Waals surface area contributed by atoms with E-state index in [1.54, 1.807) is 0 Å². The largest absolute Gasteiger partial charge is 0.741 e. The number of unbranched alkanes of at least 4 members (excludes halogenated alkanes) is 13. The number of hydrogen-bond donors (Lipinski definition) is 4. The number of nitrogens with two attached hydrogens (primary N) is 2. The highest BCUT2D eigenvalue weighted by atomic mass is 32.2. The molecule has 0 spiro atoms. The van der Waals surface area contributed by atoms with E-state index in [1.165, 1.54) is 116 Å². The smallest absolute Gasteiger partial charge is 0.485 e. The van der Waals surface area contributed by atoms with E-state index in [0.717, 1.165) is 32.5 Å². The van der Waals surface area contributed by atoms with Crippen LogP contribution >= 0.6 is 0 Å². The Bertz CT molecular complexity index is 1160. The Hall–Kier alpha value is -1.55. The second kappa shape index (κ2) is 33.4. The molecule has 0 bridgehead atoms. The van der Waals surface area contributed by atoms with E-state index >= 15 is 0 Å². The van der Waals surface area contributed by atoms with Crippen LogP contribution in [0.3, 0.4) is 0 Å². The Morgan fingerprint density at radius 1 is 0.509 bits per heavy atom. The zero-order chi connectivity index (χ0) is 43.7. The number of carbonyl (C=O) groups is 1. The first kappa shape index (κ1) is 60.1. The van der Waals surface area contributed by atoms with Gasteiger partial charge in [-0.3, -0.25) is 4.79 Å². The van der Waals surface area contributed by atoms with Gasteiger partial charge in [0.25, 0.3) is 0 Å². The number of quaternary nitrogens is 3. The Labute approximate surface area is 319 Å². The Morgan fingerprint density at radius 2 is 0.782 bits per heavy atom. The second-order valence-corrected chi connectivity index (χ2v) is 16.2. The van der Waals surface area contributed by atoms with E-state index in [0.29, 0.717) is 6.42 Å². The Morgan fingerprint density at radius 3 is 1.07 bits per heavy atom. The molecule has 0 aromatic carbocycles. The van der Waals surface area contributed by atoms with Crippen molar-refractivity contribution in [2.45, 2.75) is 139 Å². The van der Waals surface area contributed by atoms with Crippen molar-refractivity contribution in [2.75, 3.05) is 39.3 Å². The summed E-state index contributed by atoms with van der Waals surface area (Å²) in [4.78, 5) is 11.9. The van der Waals surface area contributed by atoms with Gasteiger partial charge in [-0.2, -0.15) is 39.5 Å². The van der Waals surface area contributed by atoms with Crippen LogP contribution in [-0.2, 0) is 35.1 Å². The van der Waals surface area contributed by atoms with E-state index in [4.69, 9.17) is 38.9 Å². The fourth-order valence-electron chi connectivity index (χ4n) is 4.02. The minimum atomic E-state index is -6.09. The van der Waals surface area contributed by atoms with Crippen LogP contribution < -0.4 is 21.7 Å². The predicted molar refractivity (Wildman–Crippen MR) is 180 cm³/mol. The van der Waals surface area contributed by atoms with Crippen molar-refractivity contribution in [3.05, 3.63) is 0 Å². The van der Waals surface area contributed by atoms with Gasteiger partial charge in [-0.05, 0) is 6.42 Å². The van der Waals surface area contributed by atoms with Gasteiger partial charge in [0.15, 0.2) is 30.4 Å². The first-order valence-electron chi connectivity index (χ1n) is 17.8. The third-order valence-electron chi connectivity index (χ3n) is 6.99. The average molecular weight is 891 g/mol. The highest BCUT2D eigenvalue weighted by Gasteiger charge is 2.38. The van der Waals surface area contributed by atoms with E-state index in [-0.39, 0.29) is 5.91 Å². The van der Waals surface area contributed by atoms with E-state index in [2.05, 4.69) is 28.6 Å². The molecule has 336 valence electrons. The highest BCUT2D eigenvalue weighted by Crippen LogP contribution is 2.22. The molecule has 55 heavy (non-hydrogen) atoms. The molecular formula is C29H59F9N4O10S3. The van der Waals surface area contributed by atoms with Gasteiger partial charge in [0.1, 0.15) is 0 Å². The van der Waals surface area contributed by atoms with Crippen molar-refractivity contribution in [2.24, 2.45) is 0 Å². The molecule has 26 heteroatoms. The van der Waals surface area contributed by atoms with Crippen LogP contribution in [0, 0.1) is 0 Å². The van der Waals surface area contributed by atoms with Gasteiger partial charge in [0.05, 0.1) is 32.7 Å². The third-order valence-corrected chi connectivity index (χ3v) is 8.69. The molecule has 0 aliphatic heterocycles. The maximum absolute atomic E-state index is 11.9. The number of amides is 1. The molecule has 0 unspecified atom stereocenters. The number of nitrogens with one attached hydrogen (secondary N) is 1. The summed E-state index contributed by atoms with van der Waals surface area (Å²) in [6.07, 6.45) is 23.2. The molecule has 0 aliphatic rings. The number of hydrogen-bond acceptors (Lipinski definition) is 10. The van der Waals surface area contributed by atoms with Crippen LogP contribution in [0.4, 0.5) is 39.5 Å². The summed E-state index contributed by atoms with van der Waals surface area (Å²) in [6, 6.07) is 0. The average Bonchev–Trinajstić information content (AvgIpc) is 3.02. The zero-order valence-corrected chi connectivity index (χ0v) is 33.5. The van der Waals surface area contributed by atoms with Crippen LogP contribution in [0.15, 0.2) is 0 Å². The summed E-state index contributed by atoms with van der Waals surface area (Å²) >= 11 is 0. The molecule has 0 aliphatic carbocycles. The summed E-state index contributed by atoms with van der Waals surface area (Å²) in [5.74, 6) is 0.251. The molecule has 0 fully saturated rings. The molecule has 1 amide bonds. The lowest BCUT2D eigenvalue weighted by molar-refractivity contribution is -0.665. The van der Waals surface area contributed by atoms with E-state index < -0.39 is 46.9 Å². The van der Waals surface area contributed by atoms with Gasteiger partial charge in [-0.25, -0.2) is 25.3 Å². The molecular weight excluding hydrogens is 832 g/mol. The molecule has 0 aromatic heterocycles. The van der Waals surface area contributed by atoms with Gasteiger partial charge in [-0.15, -0.1) is 0 Å².